The minimum absolute atomic E-state index is 0. The van der Waals surface area contributed by atoms with Gasteiger partial charge in [0.1, 0.15) is 5.75 Å². The summed E-state index contributed by atoms with van der Waals surface area (Å²) in [4.78, 5) is 17.0. The summed E-state index contributed by atoms with van der Waals surface area (Å²) in [6.07, 6.45) is 1.04. The molecule has 1 atom stereocenters. The van der Waals surface area contributed by atoms with Crippen LogP contribution >= 0.6 is 24.0 Å². The van der Waals surface area contributed by atoms with Crippen molar-refractivity contribution in [2.45, 2.75) is 12.5 Å². The second-order valence-electron chi connectivity index (χ2n) is 7.37. The highest BCUT2D eigenvalue weighted by molar-refractivity contribution is 6.32. The van der Waals surface area contributed by atoms with E-state index in [0.29, 0.717) is 16.8 Å². The number of rotatable bonds is 5. The number of hydrogen-bond acceptors (Lipinski definition) is 4. The molecule has 0 radical (unpaired) electrons. The molecule has 156 valence electrons. The molecule has 2 aliphatic heterocycles. The van der Waals surface area contributed by atoms with E-state index in [1.807, 2.05) is 53.4 Å². The number of halogens is 2. The summed E-state index contributed by atoms with van der Waals surface area (Å²) in [5, 5.41) is 3.90. The smallest absolute Gasteiger partial charge is 0.260 e. The average molecular weight is 436 g/mol. The number of piperazine rings is 1. The van der Waals surface area contributed by atoms with E-state index in [9.17, 15) is 4.79 Å². The van der Waals surface area contributed by atoms with Crippen molar-refractivity contribution in [1.82, 2.24) is 15.1 Å². The molecule has 2 saturated heterocycles. The maximum absolute atomic E-state index is 12.6. The van der Waals surface area contributed by atoms with Crippen LogP contribution in [0.5, 0.6) is 5.75 Å². The van der Waals surface area contributed by atoms with Gasteiger partial charge in [-0.2, -0.15) is 0 Å². The Morgan fingerprint density at radius 2 is 1.83 bits per heavy atom. The quantitative estimate of drug-likeness (QED) is 0.782. The largest absolute Gasteiger partial charge is 0.482 e. The van der Waals surface area contributed by atoms with Crippen LogP contribution in [0.15, 0.2) is 48.5 Å². The van der Waals surface area contributed by atoms with Crippen LogP contribution in [0.2, 0.25) is 5.02 Å². The van der Waals surface area contributed by atoms with E-state index in [0.717, 1.165) is 56.8 Å². The molecule has 0 bridgehead atoms. The van der Waals surface area contributed by atoms with Crippen molar-refractivity contribution in [3.8, 4) is 16.9 Å². The molecule has 5 nitrogen and oxygen atoms in total. The molecule has 1 N–H and O–H groups in total. The van der Waals surface area contributed by atoms with Gasteiger partial charge in [0.05, 0.1) is 5.02 Å². The fourth-order valence-electron chi connectivity index (χ4n) is 3.97. The molecule has 0 spiro atoms. The van der Waals surface area contributed by atoms with E-state index in [2.05, 4.69) is 10.2 Å². The number of nitrogens with one attached hydrogen (secondary N) is 1. The van der Waals surface area contributed by atoms with Gasteiger partial charge in [0.2, 0.25) is 0 Å². The predicted molar refractivity (Wildman–Crippen MR) is 119 cm³/mol. The van der Waals surface area contributed by atoms with Crippen molar-refractivity contribution in [2.75, 3.05) is 45.9 Å². The van der Waals surface area contributed by atoms with Gasteiger partial charge in [0, 0.05) is 45.3 Å². The molecule has 2 aromatic carbocycles. The predicted octanol–water partition coefficient (Wildman–Crippen LogP) is 3.31. The molecule has 1 unspecified atom stereocenters. The molecule has 0 saturated carbocycles. The third-order valence-corrected chi connectivity index (χ3v) is 5.87. The maximum Gasteiger partial charge on any atom is 0.260 e. The fourth-order valence-corrected chi connectivity index (χ4v) is 4.21. The standard InChI is InChI=1S/C22H26ClN3O2.ClH/c23-20-14-18(17-4-2-1-3-5-17)6-7-21(20)28-16-22(27)26-11-8-19(15-26)25-12-9-24-10-13-25;/h1-7,14,19,24H,8-13,15-16H2;1H. The van der Waals surface area contributed by atoms with Gasteiger partial charge >= 0.3 is 0 Å². The van der Waals surface area contributed by atoms with Gasteiger partial charge in [-0.05, 0) is 29.7 Å². The second kappa shape index (κ2) is 10.3. The number of carbonyl (C=O) groups excluding carboxylic acids is 1. The monoisotopic (exact) mass is 435 g/mol. The Balaban J connectivity index is 0.00000240. The number of benzene rings is 2. The molecule has 0 aromatic heterocycles. The molecule has 2 fully saturated rings. The Bertz CT molecular complexity index is 813. The van der Waals surface area contributed by atoms with Gasteiger partial charge in [0.15, 0.2) is 6.61 Å². The zero-order valence-corrected chi connectivity index (χ0v) is 17.9. The topological polar surface area (TPSA) is 44.8 Å². The van der Waals surface area contributed by atoms with Crippen LogP contribution in [-0.4, -0.2) is 67.6 Å². The highest BCUT2D eigenvalue weighted by Crippen LogP contribution is 2.30. The second-order valence-corrected chi connectivity index (χ2v) is 7.78. The number of ether oxygens (including phenoxy) is 1. The van der Waals surface area contributed by atoms with Gasteiger partial charge in [-0.3, -0.25) is 9.69 Å². The molecule has 7 heteroatoms. The molecule has 4 rings (SSSR count). The van der Waals surface area contributed by atoms with Crippen molar-refractivity contribution in [2.24, 2.45) is 0 Å². The summed E-state index contributed by atoms with van der Waals surface area (Å²) in [7, 11) is 0. The van der Waals surface area contributed by atoms with Gasteiger partial charge in [0.25, 0.3) is 5.91 Å². The van der Waals surface area contributed by atoms with Crippen LogP contribution in [0.1, 0.15) is 6.42 Å². The fraction of sp³-hybridized carbons (Fsp3) is 0.409. The van der Waals surface area contributed by atoms with Gasteiger partial charge in [-0.25, -0.2) is 0 Å². The van der Waals surface area contributed by atoms with E-state index in [4.69, 9.17) is 16.3 Å². The van der Waals surface area contributed by atoms with Crippen LogP contribution < -0.4 is 10.1 Å². The van der Waals surface area contributed by atoms with E-state index < -0.39 is 0 Å². The summed E-state index contributed by atoms with van der Waals surface area (Å²) < 4.78 is 5.74. The van der Waals surface area contributed by atoms with Crippen molar-refractivity contribution >= 4 is 29.9 Å². The first kappa shape index (κ1) is 21.9. The van der Waals surface area contributed by atoms with E-state index in [-0.39, 0.29) is 24.9 Å². The molecule has 1 amide bonds. The number of amides is 1. The van der Waals surface area contributed by atoms with Crippen LogP contribution in [0.4, 0.5) is 0 Å². The van der Waals surface area contributed by atoms with Crippen molar-refractivity contribution in [3.05, 3.63) is 53.6 Å². The number of carbonyl (C=O) groups is 1. The number of nitrogens with zero attached hydrogens (tertiary/aromatic N) is 2. The minimum atomic E-state index is 0. The van der Waals surface area contributed by atoms with Gasteiger partial charge in [-0.1, -0.05) is 48.0 Å². The van der Waals surface area contributed by atoms with E-state index in [1.165, 1.54) is 0 Å². The normalized spacial score (nSPS) is 19.6. The third kappa shape index (κ3) is 5.43. The lowest BCUT2D eigenvalue weighted by Gasteiger charge is -2.32. The van der Waals surface area contributed by atoms with Crippen molar-refractivity contribution < 1.29 is 9.53 Å². The average Bonchev–Trinajstić information content (AvgIpc) is 3.24. The Hall–Kier alpha value is -1.79. The summed E-state index contributed by atoms with van der Waals surface area (Å²) in [5.74, 6) is 0.577. The maximum atomic E-state index is 12.6. The van der Waals surface area contributed by atoms with Crippen LogP contribution in [0, 0.1) is 0 Å². The van der Waals surface area contributed by atoms with Crippen LogP contribution in [-0.2, 0) is 4.79 Å². The summed E-state index contributed by atoms with van der Waals surface area (Å²) in [6.45, 7) is 5.81. The molecule has 29 heavy (non-hydrogen) atoms. The molecular weight excluding hydrogens is 409 g/mol. The first-order chi connectivity index (χ1) is 13.7. The lowest BCUT2D eigenvalue weighted by Crippen LogP contribution is -2.49. The lowest BCUT2D eigenvalue weighted by atomic mass is 10.1. The molecule has 2 aromatic rings. The Labute approximate surface area is 183 Å². The van der Waals surface area contributed by atoms with E-state index >= 15 is 0 Å². The molecular formula is C22H27Cl2N3O2. The molecule has 2 heterocycles. The Kier molecular flexibility index (Phi) is 7.78. The highest BCUT2D eigenvalue weighted by Gasteiger charge is 2.31. The lowest BCUT2D eigenvalue weighted by molar-refractivity contribution is -0.132. The Morgan fingerprint density at radius 1 is 1.07 bits per heavy atom. The molecule has 0 aliphatic carbocycles. The van der Waals surface area contributed by atoms with Gasteiger partial charge in [-0.15, -0.1) is 12.4 Å². The van der Waals surface area contributed by atoms with Crippen LogP contribution in [0.25, 0.3) is 11.1 Å². The zero-order valence-electron chi connectivity index (χ0n) is 16.4. The van der Waals surface area contributed by atoms with Crippen molar-refractivity contribution in [1.29, 1.82) is 0 Å². The van der Waals surface area contributed by atoms with Gasteiger partial charge < -0.3 is 15.0 Å². The summed E-state index contributed by atoms with van der Waals surface area (Å²) in [5.41, 5.74) is 2.13. The highest BCUT2D eigenvalue weighted by atomic mass is 35.5. The molecule has 2 aliphatic rings. The van der Waals surface area contributed by atoms with Crippen LogP contribution in [0.3, 0.4) is 0 Å². The SMILES string of the molecule is Cl.O=C(COc1ccc(-c2ccccc2)cc1Cl)N1CCC(N2CCNCC2)C1. The summed E-state index contributed by atoms with van der Waals surface area (Å²) in [6, 6.07) is 16.2. The zero-order chi connectivity index (χ0) is 19.3. The minimum Gasteiger partial charge on any atom is -0.482 e. The third-order valence-electron chi connectivity index (χ3n) is 5.57. The first-order valence-corrected chi connectivity index (χ1v) is 10.3. The van der Waals surface area contributed by atoms with Crippen molar-refractivity contribution in [3.63, 3.8) is 0 Å². The first-order valence-electron chi connectivity index (χ1n) is 9.91. The number of likely N-dealkylation sites (tertiary alicyclic amines) is 1. The number of hydrogen-bond donors (Lipinski definition) is 1. The summed E-state index contributed by atoms with van der Waals surface area (Å²) >= 11 is 6.38. The Morgan fingerprint density at radius 3 is 2.55 bits per heavy atom. The van der Waals surface area contributed by atoms with E-state index in [1.54, 1.807) is 0 Å².